The molecule has 2 rings (SSSR count). The molecule has 0 spiro atoms. The molecule has 19 heavy (non-hydrogen) atoms. The normalized spacial score (nSPS) is 12.0. The molecule has 0 aliphatic rings. The van der Waals surface area contributed by atoms with E-state index in [1.54, 1.807) is 32.2 Å². The number of ether oxygens (including phenoxy) is 2. The summed E-state index contributed by atoms with van der Waals surface area (Å²) in [5.41, 5.74) is 6.45. The maximum absolute atomic E-state index is 13.2. The van der Waals surface area contributed by atoms with Gasteiger partial charge in [-0.2, -0.15) is 0 Å². The standard InChI is InChI=1S/C15H16FNO2/c1-10(17)14-8-11(16)6-7-15(14)19-13-5-3-4-12(9-13)18-2/h3-10H,17H2,1-2H3/t10-/m1/s1. The molecular formula is C15H16FNO2. The zero-order valence-electron chi connectivity index (χ0n) is 10.9. The van der Waals surface area contributed by atoms with Crippen molar-refractivity contribution in [2.45, 2.75) is 13.0 Å². The minimum atomic E-state index is -0.328. The molecule has 0 amide bonds. The third-order valence-electron chi connectivity index (χ3n) is 2.73. The van der Waals surface area contributed by atoms with E-state index < -0.39 is 0 Å². The molecule has 0 aromatic heterocycles. The molecule has 0 radical (unpaired) electrons. The Labute approximate surface area is 111 Å². The van der Waals surface area contributed by atoms with Crippen LogP contribution in [-0.2, 0) is 0 Å². The van der Waals surface area contributed by atoms with Crippen LogP contribution in [0.25, 0.3) is 0 Å². The van der Waals surface area contributed by atoms with Crippen LogP contribution in [0.3, 0.4) is 0 Å². The molecule has 2 aromatic rings. The van der Waals surface area contributed by atoms with E-state index in [0.29, 0.717) is 22.8 Å². The van der Waals surface area contributed by atoms with Gasteiger partial charge in [0.15, 0.2) is 0 Å². The van der Waals surface area contributed by atoms with Gasteiger partial charge in [-0.1, -0.05) is 6.07 Å². The second-order valence-corrected chi connectivity index (χ2v) is 4.25. The van der Waals surface area contributed by atoms with Gasteiger partial charge in [-0.3, -0.25) is 0 Å². The summed E-state index contributed by atoms with van der Waals surface area (Å²) >= 11 is 0. The molecule has 2 aromatic carbocycles. The highest BCUT2D eigenvalue weighted by Gasteiger charge is 2.10. The highest BCUT2D eigenvalue weighted by Crippen LogP contribution is 2.30. The average molecular weight is 261 g/mol. The quantitative estimate of drug-likeness (QED) is 0.913. The lowest BCUT2D eigenvalue weighted by molar-refractivity contribution is 0.408. The van der Waals surface area contributed by atoms with Crippen LogP contribution in [0.5, 0.6) is 17.2 Å². The molecule has 0 fully saturated rings. The van der Waals surface area contributed by atoms with Gasteiger partial charge in [-0.15, -0.1) is 0 Å². The molecule has 0 heterocycles. The lowest BCUT2D eigenvalue weighted by Gasteiger charge is -2.14. The molecule has 0 saturated carbocycles. The highest BCUT2D eigenvalue weighted by molar-refractivity contribution is 5.41. The van der Waals surface area contributed by atoms with Crippen molar-refractivity contribution in [2.24, 2.45) is 5.73 Å². The second-order valence-electron chi connectivity index (χ2n) is 4.25. The fourth-order valence-corrected chi connectivity index (χ4v) is 1.76. The van der Waals surface area contributed by atoms with Crippen LogP contribution in [0.2, 0.25) is 0 Å². The lowest BCUT2D eigenvalue weighted by atomic mass is 10.1. The van der Waals surface area contributed by atoms with E-state index in [-0.39, 0.29) is 11.9 Å². The van der Waals surface area contributed by atoms with E-state index >= 15 is 0 Å². The van der Waals surface area contributed by atoms with E-state index in [0.717, 1.165) is 0 Å². The number of hydrogen-bond acceptors (Lipinski definition) is 3. The van der Waals surface area contributed by atoms with Crippen molar-refractivity contribution < 1.29 is 13.9 Å². The largest absolute Gasteiger partial charge is 0.497 e. The molecule has 4 heteroatoms. The predicted octanol–water partition coefficient (Wildman–Crippen LogP) is 3.65. The Balaban J connectivity index is 2.32. The fraction of sp³-hybridized carbons (Fsp3) is 0.200. The van der Waals surface area contributed by atoms with Gasteiger partial charge in [0.1, 0.15) is 23.1 Å². The maximum atomic E-state index is 13.2. The summed E-state index contributed by atoms with van der Waals surface area (Å²) in [4.78, 5) is 0. The van der Waals surface area contributed by atoms with E-state index in [2.05, 4.69) is 0 Å². The Bertz CT molecular complexity index is 570. The lowest BCUT2D eigenvalue weighted by Crippen LogP contribution is -2.07. The topological polar surface area (TPSA) is 44.5 Å². The number of nitrogens with two attached hydrogens (primary N) is 1. The minimum Gasteiger partial charge on any atom is -0.497 e. The van der Waals surface area contributed by atoms with Crippen molar-refractivity contribution >= 4 is 0 Å². The maximum Gasteiger partial charge on any atom is 0.132 e. The first-order valence-corrected chi connectivity index (χ1v) is 5.97. The summed E-state index contributed by atoms with van der Waals surface area (Å²) in [6.07, 6.45) is 0. The molecule has 0 saturated heterocycles. The van der Waals surface area contributed by atoms with E-state index in [1.807, 2.05) is 12.1 Å². The van der Waals surface area contributed by atoms with Gasteiger partial charge in [-0.05, 0) is 37.3 Å². The Morgan fingerprint density at radius 3 is 2.53 bits per heavy atom. The van der Waals surface area contributed by atoms with Gasteiger partial charge in [0, 0.05) is 17.7 Å². The minimum absolute atomic E-state index is 0.309. The van der Waals surface area contributed by atoms with Crippen LogP contribution in [0.1, 0.15) is 18.5 Å². The van der Waals surface area contributed by atoms with Gasteiger partial charge < -0.3 is 15.2 Å². The molecule has 0 unspecified atom stereocenters. The Morgan fingerprint density at radius 2 is 1.84 bits per heavy atom. The van der Waals surface area contributed by atoms with Crippen LogP contribution in [0.15, 0.2) is 42.5 Å². The summed E-state index contributed by atoms with van der Waals surface area (Å²) < 4.78 is 24.1. The molecule has 0 aliphatic carbocycles. The zero-order chi connectivity index (χ0) is 13.8. The van der Waals surface area contributed by atoms with Crippen LogP contribution < -0.4 is 15.2 Å². The summed E-state index contributed by atoms with van der Waals surface area (Å²) in [6, 6.07) is 11.2. The molecule has 0 bridgehead atoms. The van der Waals surface area contributed by atoms with E-state index in [4.69, 9.17) is 15.2 Å². The molecule has 3 nitrogen and oxygen atoms in total. The number of hydrogen-bond donors (Lipinski definition) is 1. The molecule has 100 valence electrons. The second kappa shape index (κ2) is 5.71. The van der Waals surface area contributed by atoms with Crippen LogP contribution in [0, 0.1) is 5.82 Å². The van der Waals surface area contributed by atoms with E-state index in [9.17, 15) is 4.39 Å². The van der Waals surface area contributed by atoms with E-state index in [1.165, 1.54) is 12.1 Å². The SMILES string of the molecule is COc1cccc(Oc2ccc(F)cc2[C@@H](C)N)c1. The van der Waals surface area contributed by atoms with Crippen LogP contribution in [-0.4, -0.2) is 7.11 Å². The third-order valence-corrected chi connectivity index (χ3v) is 2.73. The van der Waals surface area contributed by atoms with Crippen molar-refractivity contribution in [3.63, 3.8) is 0 Å². The zero-order valence-corrected chi connectivity index (χ0v) is 10.9. The monoisotopic (exact) mass is 261 g/mol. The first-order valence-electron chi connectivity index (χ1n) is 5.97. The summed E-state index contributed by atoms with van der Waals surface area (Å²) in [5.74, 6) is 1.53. The molecule has 1 atom stereocenters. The predicted molar refractivity (Wildman–Crippen MR) is 72.1 cm³/mol. The number of benzene rings is 2. The van der Waals surface area contributed by atoms with Gasteiger partial charge in [0.25, 0.3) is 0 Å². The molecular weight excluding hydrogens is 245 g/mol. The van der Waals surface area contributed by atoms with Gasteiger partial charge in [0.05, 0.1) is 7.11 Å². The first kappa shape index (κ1) is 13.4. The molecule has 2 N–H and O–H groups in total. The highest BCUT2D eigenvalue weighted by atomic mass is 19.1. The van der Waals surface area contributed by atoms with Crippen molar-refractivity contribution in [3.8, 4) is 17.2 Å². The smallest absolute Gasteiger partial charge is 0.132 e. The Hall–Kier alpha value is -2.07. The number of methoxy groups -OCH3 is 1. The van der Waals surface area contributed by atoms with Crippen molar-refractivity contribution in [1.82, 2.24) is 0 Å². The van der Waals surface area contributed by atoms with Gasteiger partial charge in [-0.25, -0.2) is 4.39 Å². The van der Waals surface area contributed by atoms with Crippen molar-refractivity contribution in [1.29, 1.82) is 0 Å². The number of halogens is 1. The summed E-state index contributed by atoms with van der Waals surface area (Å²) in [6.45, 7) is 1.78. The Kier molecular flexibility index (Phi) is 4.02. The van der Waals surface area contributed by atoms with Gasteiger partial charge >= 0.3 is 0 Å². The summed E-state index contributed by atoms with van der Waals surface area (Å²) in [7, 11) is 1.59. The van der Waals surface area contributed by atoms with Gasteiger partial charge in [0.2, 0.25) is 0 Å². The van der Waals surface area contributed by atoms with Crippen LogP contribution in [0.4, 0.5) is 4.39 Å². The van der Waals surface area contributed by atoms with Crippen molar-refractivity contribution in [3.05, 3.63) is 53.8 Å². The third kappa shape index (κ3) is 3.23. The molecule has 0 aliphatic heterocycles. The summed E-state index contributed by atoms with van der Waals surface area (Å²) in [5, 5.41) is 0. The fourth-order valence-electron chi connectivity index (χ4n) is 1.76. The average Bonchev–Trinajstić information content (AvgIpc) is 2.41. The van der Waals surface area contributed by atoms with Crippen LogP contribution >= 0.6 is 0 Å². The first-order chi connectivity index (χ1) is 9.10. The number of rotatable bonds is 4. The van der Waals surface area contributed by atoms with Crippen molar-refractivity contribution in [2.75, 3.05) is 7.11 Å². The Morgan fingerprint density at radius 1 is 1.11 bits per heavy atom.